The molecule has 0 spiro atoms. The smallest absolute Gasteiger partial charge is 0.324 e. The minimum absolute atomic E-state index is 0.164. The molecule has 0 bridgehead atoms. The lowest BCUT2D eigenvalue weighted by Crippen LogP contribution is -2.39. The van der Waals surface area contributed by atoms with E-state index in [-0.39, 0.29) is 17.4 Å². The molecule has 1 aliphatic heterocycles. The van der Waals surface area contributed by atoms with Gasteiger partial charge in [-0.1, -0.05) is 93.1 Å². The van der Waals surface area contributed by atoms with Crippen LogP contribution < -0.4 is 10.6 Å². The molecule has 7 heteroatoms. The van der Waals surface area contributed by atoms with Gasteiger partial charge in [0.05, 0.1) is 17.8 Å². The van der Waals surface area contributed by atoms with Crippen LogP contribution in [0.2, 0.25) is 0 Å². The normalized spacial score (nSPS) is 14.0. The average Bonchev–Trinajstić information content (AvgIpc) is 3.47. The molecule has 2 heterocycles. The monoisotopic (exact) mass is 613 g/mol. The van der Waals surface area contributed by atoms with Crippen LogP contribution >= 0.6 is 0 Å². The molecule has 1 aliphatic rings. The van der Waals surface area contributed by atoms with Crippen LogP contribution in [0.25, 0.3) is 16.5 Å². The fraction of sp³-hybridized carbons (Fsp3) is 0.308. The van der Waals surface area contributed by atoms with Crippen LogP contribution in [0, 0.1) is 12.8 Å². The van der Waals surface area contributed by atoms with Crippen molar-refractivity contribution in [3.63, 3.8) is 0 Å². The summed E-state index contributed by atoms with van der Waals surface area (Å²) in [5.74, 6) is 1.36. The topological polar surface area (TPSA) is 79.3 Å². The van der Waals surface area contributed by atoms with E-state index in [1.165, 1.54) is 16.3 Å². The van der Waals surface area contributed by atoms with Crippen LogP contribution in [-0.4, -0.2) is 39.7 Å². The Morgan fingerprint density at radius 2 is 1.48 bits per heavy atom. The number of hydrogen-bond acceptors (Lipinski definition) is 3. The number of carbonyl (C=O) groups is 2. The summed E-state index contributed by atoms with van der Waals surface area (Å²) in [6, 6.07) is 32.3. The molecule has 0 saturated carbocycles. The Balaban J connectivity index is 1.00. The number of amides is 3. The molecule has 0 radical (unpaired) electrons. The largest absolute Gasteiger partial charge is 0.342 e. The van der Waals surface area contributed by atoms with E-state index in [4.69, 9.17) is 5.10 Å². The zero-order valence-corrected chi connectivity index (χ0v) is 27.2. The van der Waals surface area contributed by atoms with Crippen LogP contribution in [0.5, 0.6) is 0 Å². The molecule has 5 aromatic rings. The SMILES string of the molecule is Cc1ccc(-n2nc(C(C)(C)C)cc2NC(=O)Nc2ccc(CC3CCN(C(=O)Cc4ccc5ccccc5c4)CC3)cc2)cc1. The molecule has 46 heavy (non-hydrogen) atoms. The summed E-state index contributed by atoms with van der Waals surface area (Å²) in [4.78, 5) is 28.1. The van der Waals surface area contributed by atoms with Gasteiger partial charge in [0.2, 0.25) is 5.91 Å². The molecule has 1 aromatic heterocycles. The maximum absolute atomic E-state index is 13.0. The maximum Gasteiger partial charge on any atom is 0.324 e. The number of fused-ring (bicyclic) bond motifs is 1. The molecule has 6 rings (SSSR count). The van der Waals surface area contributed by atoms with Crippen LogP contribution in [0.4, 0.5) is 16.3 Å². The highest BCUT2D eigenvalue weighted by atomic mass is 16.2. The lowest BCUT2D eigenvalue weighted by molar-refractivity contribution is -0.131. The van der Waals surface area contributed by atoms with Crippen LogP contribution in [-0.2, 0) is 23.1 Å². The van der Waals surface area contributed by atoms with Gasteiger partial charge >= 0.3 is 6.03 Å². The highest BCUT2D eigenvalue weighted by molar-refractivity contribution is 5.99. The Bertz CT molecular complexity index is 1830. The number of aryl methyl sites for hydroxylation is 1. The fourth-order valence-corrected chi connectivity index (χ4v) is 6.08. The van der Waals surface area contributed by atoms with E-state index in [2.05, 4.69) is 73.9 Å². The second-order valence-corrected chi connectivity index (χ2v) is 13.6. The highest BCUT2D eigenvalue weighted by Gasteiger charge is 2.24. The molecule has 3 amide bonds. The molecule has 1 fully saturated rings. The summed E-state index contributed by atoms with van der Waals surface area (Å²) in [6.45, 7) is 9.97. The number of anilines is 2. The Morgan fingerprint density at radius 3 is 2.17 bits per heavy atom. The molecule has 1 saturated heterocycles. The molecule has 0 unspecified atom stereocenters. The third kappa shape index (κ3) is 7.48. The summed E-state index contributed by atoms with van der Waals surface area (Å²) in [6.07, 6.45) is 3.41. The Labute approximate surface area is 271 Å². The van der Waals surface area contributed by atoms with Gasteiger partial charge in [0.1, 0.15) is 5.82 Å². The van der Waals surface area contributed by atoms with Gasteiger partial charge in [-0.15, -0.1) is 0 Å². The van der Waals surface area contributed by atoms with Crippen LogP contribution in [0.3, 0.4) is 0 Å². The number of hydrogen-bond donors (Lipinski definition) is 2. The number of nitrogens with one attached hydrogen (secondary N) is 2. The van der Waals surface area contributed by atoms with Crippen molar-refractivity contribution in [3.8, 4) is 5.69 Å². The van der Waals surface area contributed by atoms with Gasteiger partial charge in [0.15, 0.2) is 0 Å². The summed E-state index contributed by atoms with van der Waals surface area (Å²) in [7, 11) is 0. The van der Waals surface area contributed by atoms with Crippen molar-refractivity contribution in [2.75, 3.05) is 23.7 Å². The van der Waals surface area contributed by atoms with Gasteiger partial charge < -0.3 is 10.2 Å². The number of urea groups is 1. The highest BCUT2D eigenvalue weighted by Crippen LogP contribution is 2.27. The van der Waals surface area contributed by atoms with E-state index in [1.54, 1.807) is 4.68 Å². The van der Waals surface area contributed by atoms with Crippen molar-refractivity contribution in [3.05, 3.63) is 119 Å². The molecule has 0 aliphatic carbocycles. The van der Waals surface area contributed by atoms with Gasteiger partial charge in [0.25, 0.3) is 0 Å². The third-order valence-electron chi connectivity index (χ3n) is 8.87. The molecule has 236 valence electrons. The second-order valence-electron chi connectivity index (χ2n) is 13.6. The number of carbonyl (C=O) groups excluding carboxylic acids is 2. The average molecular weight is 614 g/mol. The van der Waals surface area contributed by atoms with Crippen molar-refractivity contribution in [1.29, 1.82) is 0 Å². The van der Waals surface area contributed by atoms with E-state index in [0.717, 1.165) is 60.5 Å². The summed E-state index contributed by atoms with van der Waals surface area (Å²) in [5, 5.41) is 13.1. The van der Waals surface area contributed by atoms with Crippen molar-refractivity contribution < 1.29 is 9.59 Å². The summed E-state index contributed by atoms with van der Waals surface area (Å²) < 4.78 is 1.78. The zero-order chi connectivity index (χ0) is 32.3. The number of rotatable bonds is 7. The van der Waals surface area contributed by atoms with E-state index >= 15 is 0 Å². The summed E-state index contributed by atoms with van der Waals surface area (Å²) in [5.41, 5.74) is 5.82. The minimum atomic E-state index is -0.317. The molecular formula is C39H43N5O2. The molecule has 0 atom stereocenters. The lowest BCUT2D eigenvalue weighted by Gasteiger charge is -2.32. The van der Waals surface area contributed by atoms with Crippen molar-refractivity contribution in [1.82, 2.24) is 14.7 Å². The molecule has 4 aromatic carbocycles. The predicted molar refractivity (Wildman–Crippen MR) is 187 cm³/mol. The molecule has 7 nitrogen and oxygen atoms in total. The standard InChI is InChI=1S/C39H43N5O2/c1-27-9-17-34(18-10-27)44-36(26-35(42-44)39(2,3)4)41-38(46)40-33-15-12-28(13-16-33)23-29-19-21-43(22-20-29)37(45)25-30-11-14-31-7-5-6-8-32(31)24-30/h5-18,24,26,29H,19-23,25H2,1-4H3,(H2,40,41,46). The number of likely N-dealkylation sites (tertiary alicyclic amines) is 1. The number of piperidine rings is 1. The van der Waals surface area contributed by atoms with Crippen molar-refractivity contribution in [2.24, 2.45) is 5.92 Å². The first-order chi connectivity index (χ1) is 22.1. The Kier molecular flexibility index (Phi) is 8.93. The van der Waals surface area contributed by atoms with Gasteiger partial charge in [-0.25, -0.2) is 9.48 Å². The Morgan fingerprint density at radius 1 is 0.804 bits per heavy atom. The fourth-order valence-electron chi connectivity index (χ4n) is 6.08. The van der Waals surface area contributed by atoms with Crippen molar-refractivity contribution in [2.45, 2.75) is 58.8 Å². The van der Waals surface area contributed by atoms with E-state index in [1.807, 2.05) is 66.4 Å². The van der Waals surface area contributed by atoms with Crippen molar-refractivity contribution >= 4 is 34.2 Å². The number of benzene rings is 4. The van der Waals surface area contributed by atoms with Gasteiger partial charge in [-0.3, -0.25) is 10.1 Å². The first-order valence-corrected chi connectivity index (χ1v) is 16.2. The van der Waals surface area contributed by atoms with Crippen LogP contribution in [0.15, 0.2) is 97.1 Å². The number of nitrogens with zero attached hydrogens (tertiary/aromatic N) is 3. The maximum atomic E-state index is 13.0. The molecular weight excluding hydrogens is 570 g/mol. The minimum Gasteiger partial charge on any atom is -0.342 e. The van der Waals surface area contributed by atoms with Gasteiger partial charge in [0, 0.05) is 30.3 Å². The first kappa shape index (κ1) is 31.1. The second kappa shape index (κ2) is 13.2. The summed E-state index contributed by atoms with van der Waals surface area (Å²) >= 11 is 0. The van der Waals surface area contributed by atoms with E-state index in [0.29, 0.717) is 18.2 Å². The lowest BCUT2D eigenvalue weighted by atomic mass is 9.90. The number of aromatic nitrogens is 2. The third-order valence-corrected chi connectivity index (χ3v) is 8.87. The van der Waals surface area contributed by atoms with E-state index in [9.17, 15) is 9.59 Å². The Hall–Kier alpha value is -4.91. The molecule has 2 N–H and O–H groups in total. The van der Waals surface area contributed by atoms with E-state index < -0.39 is 0 Å². The first-order valence-electron chi connectivity index (χ1n) is 16.2. The zero-order valence-electron chi connectivity index (χ0n) is 27.2. The predicted octanol–water partition coefficient (Wildman–Crippen LogP) is 8.30. The quantitative estimate of drug-likeness (QED) is 0.194. The van der Waals surface area contributed by atoms with Gasteiger partial charge in [-0.05, 0) is 78.3 Å². The van der Waals surface area contributed by atoms with Crippen LogP contribution in [0.1, 0.15) is 56.0 Å². The van der Waals surface area contributed by atoms with Gasteiger partial charge in [-0.2, -0.15) is 5.10 Å².